The minimum absolute atomic E-state index is 0.0306. The van der Waals surface area contributed by atoms with Crippen LogP contribution in [-0.2, 0) is 12.7 Å². The molecular formula is C16H16ClF3N4. The van der Waals surface area contributed by atoms with Crippen molar-refractivity contribution >= 4 is 17.4 Å². The van der Waals surface area contributed by atoms with Crippen molar-refractivity contribution in [1.29, 1.82) is 0 Å². The summed E-state index contributed by atoms with van der Waals surface area (Å²) in [6, 6.07) is 6.73. The van der Waals surface area contributed by atoms with Crippen LogP contribution < -0.4 is 4.90 Å². The van der Waals surface area contributed by atoms with Crippen LogP contribution in [0.5, 0.6) is 0 Å². The van der Waals surface area contributed by atoms with Crippen LogP contribution in [0.2, 0.25) is 5.02 Å². The number of rotatable bonds is 3. The molecular weight excluding hydrogens is 341 g/mol. The molecule has 3 rings (SSSR count). The van der Waals surface area contributed by atoms with Crippen molar-refractivity contribution in [3.63, 3.8) is 0 Å². The molecule has 1 aliphatic heterocycles. The second kappa shape index (κ2) is 6.94. The average molecular weight is 357 g/mol. The first-order chi connectivity index (χ1) is 11.4. The highest BCUT2D eigenvalue weighted by Crippen LogP contribution is 2.33. The van der Waals surface area contributed by atoms with E-state index >= 15 is 0 Å². The number of pyridine rings is 2. The predicted octanol–water partition coefficient (Wildman–Crippen LogP) is 3.47. The maximum Gasteiger partial charge on any atom is 0.417 e. The fraction of sp³-hybridized carbons (Fsp3) is 0.375. The Morgan fingerprint density at radius 3 is 2.42 bits per heavy atom. The van der Waals surface area contributed by atoms with Crippen LogP contribution in [0.15, 0.2) is 36.7 Å². The monoisotopic (exact) mass is 356 g/mol. The molecule has 0 aromatic carbocycles. The largest absolute Gasteiger partial charge is 0.417 e. The van der Waals surface area contributed by atoms with Crippen LogP contribution in [0, 0.1) is 0 Å². The van der Waals surface area contributed by atoms with Gasteiger partial charge in [-0.25, -0.2) is 4.98 Å². The summed E-state index contributed by atoms with van der Waals surface area (Å²) < 4.78 is 38.0. The first-order valence-corrected chi connectivity index (χ1v) is 7.91. The maximum atomic E-state index is 12.7. The average Bonchev–Trinajstić information content (AvgIpc) is 2.56. The lowest BCUT2D eigenvalue weighted by atomic mass is 10.2. The number of nitrogens with zero attached hydrogens (tertiary/aromatic N) is 4. The van der Waals surface area contributed by atoms with Crippen LogP contribution in [0.25, 0.3) is 0 Å². The molecule has 128 valence electrons. The fourth-order valence-electron chi connectivity index (χ4n) is 2.66. The lowest BCUT2D eigenvalue weighted by molar-refractivity contribution is -0.137. The fourth-order valence-corrected chi connectivity index (χ4v) is 2.94. The van der Waals surface area contributed by atoms with Crippen LogP contribution in [0.4, 0.5) is 19.0 Å². The number of alkyl halides is 3. The van der Waals surface area contributed by atoms with Crippen molar-refractivity contribution in [1.82, 2.24) is 14.9 Å². The SMILES string of the molecule is FC(F)(F)c1cnc(N2CCN(Cc3ccccn3)CC2)c(Cl)c1. The Bertz CT molecular complexity index is 685. The summed E-state index contributed by atoms with van der Waals surface area (Å²) in [6.45, 7) is 3.61. The maximum absolute atomic E-state index is 12.7. The first kappa shape index (κ1) is 17.0. The predicted molar refractivity (Wildman–Crippen MR) is 86.0 cm³/mol. The van der Waals surface area contributed by atoms with Crippen molar-refractivity contribution in [2.75, 3.05) is 31.1 Å². The molecule has 1 fully saturated rings. The number of hydrogen-bond acceptors (Lipinski definition) is 4. The number of anilines is 1. The van der Waals surface area contributed by atoms with Gasteiger partial charge in [-0.15, -0.1) is 0 Å². The van der Waals surface area contributed by atoms with Crippen LogP contribution in [0.3, 0.4) is 0 Å². The molecule has 0 N–H and O–H groups in total. The van der Waals surface area contributed by atoms with E-state index in [0.29, 0.717) is 18.9 Å². The number of hydrogen-bond donors (Lipinski definition) is 0. The standard InChI is InChI=1S/C16H16ClF3N4/c17-14-9-12(16(18,19)20)10-22-15(14)24-7-5-23(6-8-24)11-13-3-1-2-4-21-13/h1-4,9-10H,5-8,11H2. The summed E-state index contributed by atoms with van der Waals surface area (Å²) in [7, 11) is 0. The van der Waals surface area contributed by atoms with E-state index in [2.05, 4.69) is 14.9 Å². The summed E-state index contributed by atoms with van der Waals surface area (Å²) in [5, 5.41) is 0.0306. The van der Waals surface area contributed by atoms with E-state index in [9.17, 15) is 13.2 Å². The summed E-state index contributed by atoms with van der Waals surface area (Å²) in [4.78, 5) is 12.4. The second-order valence-electron chi connectivity index (χ2n) is 5.61. The minimum atomic E-state index is -4.43. The third-order valence-electron chi connectivity index (χ3n) is 3.93. The lowest BCUT2D eigenvalue weighted by Gasteiger charge is -2.35. The van der Waals surface area contributed by atoms with Gasteiger partial charge in [0.2, 0.25) is 0 Å². The molecule has 0 aliphatic carbocycles. The molecule has 0 radical (unpaired) electrons. The third-order valence-corrected chi connectivity index (χ3v) is 4.21. The van der Waals surface area contributed by atoms with Crippen molar-refractivity contribution in [3.05, 3.63) is 52.9 Å². The summed E-state index contributed by atoms with van der Waals surface area (Å²) >= 11 is 6.01. The quantitative estimate of drug-likeness (QED) is 0.843. The van der Waals surface area contributed by atoms with Crippen molar-refractivity contribution in [2.24, 2.45) is 0 Å². The molecule has 0 bridgehead atoms. The summed E-state index contributed by atoms with van der Waals surface area (Å²) in [5.74, 6) is 0.405. The molecule has 0 unspecified atom stereocenters. The van der Waals surface area contributed by atoms with Gasteiger partial charge in [0.05, 0.1) is 16.3 Å². The van der Waals surface area contributed by atoms with Gasteiger partial charge in [0, 0.05) is 45.1 Å². The van der Waals surface area contributed by atoms with Gasteiger partial charge in [0.25, 0.3) is 0 Å². The summed E-state index contributed by atoms with van der Waals surface area (Å²) in [5.41, 5.74) is 0.168. The molecule has 0 spiro atoms. The molecule has 0 atom stereocenters. The van der Waals surface area contributed by atoms with E-state index in [4.69, 9.17) is 11.6 Å². The van der Waals surface area contributed by atoms with Gasteiger partial charge in [-0.1, -0.05) is 17.7 Å². The highest BCUT2D eigenvalue weighted by Gasteiger charge is 2.32. The van der Waals surface area contributed by atoms with Crippen molar-refractivity contribution < 1.29 is 13.2 Å². The van der Waals surface area contributed by atoms with Gasteiger partial charge >= 0.3 is 6.18 Å². The number of halogens is 4. The Kier molecular flexibility index (Phi) is 4.91. The van der Waals surface area contributed by atoms with Crippen LogP contribution in [-0.4, -0.2) is 41.0 Å². The molecule has 1 aliphatic rings. The Hall–Kier alpha value is -1.86. The Morgan fingerprint density at radius 2 is 1.83 bits per heavy atom. The van der Waals surface area contributed by atoms with Crippen LogP contribution in [0.1, 0.15) is 11.3 Å². The zero-order chi connectivity index (χ0) is 17.2. The molecule has 1 saturated heterocycles. The van der Waals surface area contributed by atoms with Gasteiger partial charge in [-0.2, -0.15) is 13.2 Å². The van der Waals surface area contributed by atoms with Crippen molar-refractivity contribution in [2.45, 2.75) is 12.7 Å². The molecule has 4 nitrogen and oxygen atoms in total. The van der Waals surface area contributed by atoms with Gasteiger partial charge in [0.15, 0.2) is 0 Å². The van der Waals surface area contributed by atoms with E-state index in [1.807, 2.05) is 23.1 Å². The van der Waals surface area contributed by atoms with Gasteiger partial charge < -0.3 is 4.90 Å². The highest BCUT2D eigenvalue weighted by atomic mass is 35.5. The van der Waals surface area contributed by atoms with E-state index in [1.54, 1.807) is 6.20 Å². The molecule has 0 saturated carbocycles. The zero-order valence-electron chi connectivity index (χ0n) is 12.8. The van der Waals surface area contributed by atoms with Gasteiger partial charge in [-0.3, -0.25) is 9.88 Å². The number of aromatic nitrogens is 2. The topological polar surface area (TPSA) is 32.3 Å². The molecule has 8 heteroatoms. The third kappa shape index (κ3) is 3.96. The second-order valence-corrected chi connectivity index (χ2v) is 6.02. The van der Waals surface area contributed by atoms with E-state index in [-0.39, 0.29) is 5.02 Å². The summed E-state index contributed by atoms with van der Waals surface area (Å²) in [6.07, 6.45) is -1.84. The Morgan fingerprint density at radius 1 is 1.08 bits per heavy atom. The molecule has 2 aromatic heterocycles. The van der Waals surface area contributed by atoms with Crippen molar-refractivity contribution in [3.8, 4) is 0 Å². The number of piperazine rings is 1. The Labute approximate surface area is 142 Å². The minimum Gasteiger partial charge on any atom is -0.353 e. The van der Waals surface area contributed by atoms with Crippen LogP contribution >= 0.6 is 11.6 Å². The van der Waals surface area contributed by atoms with Gasteiger partial charge in [-0.05, 0) is 18.2 Å². The molecule has 3 heterocycles. The normalized spacial score (nSPS) is 16.4. The smallest absolute Gasteiger partial charge is 0.353 e. The van der Waals surface area contributed by atoms with E-state index in [1.165, 1.54) is 0 Å². The highest BCUT2D eigenvalue weighted by molar-refractivity contribution is 6.33. The first-order valence-electron chi connectivity index (χ1n) is 7.53. The molecule has 2 aromatic rings. The Balaban J connectivity index is 1.62. The lowest BCUT2D eigenvalue weighted by Crippen LogP contribution is -2.46. The van der Waals surface area contributed by atoms with E-state index in [0.717, 1.165) is 37.6 Å². The molecule has 0 amide bonds. The zero-order valence-corrected chi connectivity index (χ0v) is 13.6. The molecule has 24 heavy (non-hydrogen) atoms. The van der Waals surface area contributed by atoms with E-state index < -0.39 is 11.7 Å². The van der Waals surface area contributed by atoms with Gasteiger partial charge in [0.1, 0.15) is 5.82 Å².